The molecule has 8 nitrogen and oxygen atoms in total. The van der Waals surface area contributed by atoms with E-state index in [2.05, 4.69) is 26.3 Å². The minimum Gasteiger partial charge on any atom is -0.467 e. The molecule has 2 aromatic rings. The van der Waals surface area contributed by atoms with Gasteiger partial charge in [0.1, 0.15) is 17.6 Å². The van der Waals surface area contributed by atoms with Gasteiger partial charge < -0.3 is 15.8 Å². The number of nitrogens with zero attached hydrogens (tertiary/aromatic N) is 2. The van der Waals surface area contributed by atoms with Gasteiger partial charge in [-0.2, -0.15) is 5.10 Å². The number of amides is 2. The molecule has 0 spiro atoms. The number of hydrazone groups is 1. The predicted molar refractivity (Wildman–Crippen MR) is 111 cm³/mol. The molecular formula is C20H18BrFN4O4. The molecule has 2 amide bonds. The van der Waals surface area contributed by atoms with E-state index in [1.165, 1.54) is 36.4 Å². The fourth-order valence-corrected chi connectivity index (χ4v) is 3.23. The molecule has 3 N–H and O–H groups in total. The van der Waals surface area contributed by atoms with Gasteiger partial charge in [0.05, 0.1) is 12.8 Å². The van der Waals surface area contributed by atoms with Crippen LogP contribution in [0.25, 0.3) is 0 Å². The van der Waals surface area contributed by atoms with Gasteiger partial charge in [-0.1, -0.05) is 28.1 Å². The van der Waals surface area contributed by atoms with E-state index in [-0.39, 0.29) is 12.1 Å². The summed E-state index contributed by atoms with van der Waals surface area (Å²) in [6, 6.07) is 10.1. The molecule has 156 valence electrons. The normalized spacial score (nSPS) is 16.6. The van der Waals surface area contributed by atoms with E-state index in [4.69, 9.17) is 10.5 Å². The van der Waals surface area contributed by atoms with Crippen molar-refractivity contribution >= 4 is 45.1 Å². The number of esters is 1. The van der Waals surface area contributed by atoms with Crippen LogP contribution < -0.4 is 16.1 Å². The van der Waals surface area contributed by atoms with Crippen molar-refractivity contribution in [3.05, 3.63) is 64.4 Å². The predicted octanol–water partition coefficient (Wildman–Crippen LogP) is 2.04. The largest absolute Gasteiger partial charge is 0.467 e. The molecule has 10 heteroatoms. The molecule has 2 aromatic carbocycles. The van der Waals surface area contributed by atoms with Crippen molar-refractivity contribution < 1.29 is 23.5 Å². The Kier molecular flexibility index (Phi) is 6.46. The van der Waals surface area contributed by atoms with Crippen LogP contribution in [0, 0.1) is 5.82 Å². The number of halogens is 2. The molecule has 2 unspecified atom stereocenters. The number of rotatable bonds is 6. The van der Waals surface area contributed by atoms with Gasteiger partial charge in [-0.3, -0.25) is 14.6 Å². The molecule has 1 heterocycles. The van der Waals surface area contributed by atoms with Crippen LogP contribution in [0.3, 0.4) is 0 Å². The van der Waals surface area contributed by atoms with Crippen molar-refractivity contribution in [3.63, 3.8) is 0 Å². The maximum Gasteiger partial charge on any atom is 0.333 e. The topological polar surface area (TPSA) is 114 Å². The van der Waals surface area contributed by atoms with Gasteiger partial charge in [0, 0.05) is 10.9 Å². The van der Waals surface area contributed by atoms with E-state index in [1.54, 1.807) is 24.3 Å². The SMILES string of the molecule is COC(=O)C(NC(=O)C1=NN(c2ccc(F)cc2)C(C(N)=O)C1)c1ccc(Br)cc1. The van der Waals surface area contributed by atoms with Gasteiger partial charge in [-0.15, -0.1) is 0 Å². The number of anilines is 1. The number of primary amides is 1. The number of benzene rings is 2. The smallest absolute Gasteiger partial charge is 0.333 e. The third-order valence-electron chi connectivity index (χ3n) is 4.51. The average molecular weight is 477 g/mol. The van der Waals surface area contributed by atoms with Crippen LogP contribution in [0.2, 0.25) is 0 Å². The molecular weight excluding hydrogens is 459 g/mol. The maximum absolute atomic E-state index is 13.2. The van der Waals surface area contributed by atoms with Crippen molar-refractivity contribution in [3.8, 4) is 0 Å². The zero-order valence-electron chi connectivity index (χ0n) is 15.8. The van der Waals surface area contributed by atoms with E-state index in [1.807, 2.05) is 0 Å². The van der Waals surface area contributed by atoms with Crippen LogP contribution in [-0.4, -0.2) is 36.6 Å². The highest BCUT2D eigenvalue weighted by molar-refractivity contribution is 9.10. The first-order chi connectivity index (χ1) is 14.3. The Labute approximate surface area is 180 Å². The number of ether oxygens (including phenoxy) is 1. The number of carbonyl (C=O) groups excluding carboxylic acids is 3. The average Bonchev–Trinajstić information content (AvgIpc) is 3.18. The number of nitrogens with one attached hydrogen (secondary N) is 1. The first-order valence-corrected chi connectivity index (χ1v) is 9.65. The number of nitrogens with two attached hydrogens (primary N) is 1. The van der Waals surface area contributed by atoms with Gasteiger partial charge in [0.2, 0.25) is 5.91 Å². The number of hydrogen-bond acceptors (Lipinski definition) is 6. The summed E-state index contributed by atoms with van der Waals surface area (Å²) in [6.45, 7) is 0. The van der Waals surface area contributed by atoms with Crippen LogP contribution in [0.1, 0.15) is 18.0 Å². The molecule has 1 aliphatic heterocycles. The standard InChI is InChI=1S/C20H18BrFN4O4/c1-30-20(29)17(11-2-4-12(21)5-3-11)24-19(28)15-10-16(18(23)27)26(25-15)14-8-6-13(22)7-9-14/h2-9,16-17H,10H2,1H3,(H2,23,27)(H,24,28). The van der Waals surface area contributed by atoms with Crippen molar-refractivity contribution in [2.24, 2.45) is 10.8 Å². The van der Waals surface area contributed by atoms with Crippen molar-refractivity contribution in [2.45, 2.75) is 18.5 Å². The monoisotopic (exact) mass is 476 g/mol. The Morgan fingerprint density at radius 1 is 1.20 bits per heavy atom. The van der Waals surface area contributed by atoms with Crippen LogP contribution in [0.15, 0.2) is 58.1 Å². The highest BCUT2D eigenvalue weighted by atomic mass is 79.9. The van der Waals surface area contributed by atoms with E-state index < -0.39 is 35.7 Å². The fraction of sp³-hybridized carbons (Fsp3) is 0.200. The first kappa shape index (κ1) is 21.4. The minimum atomic E-state index is -1.06. The Hall–Kier alpha value is -3.27. The molecule has 0 aromatic heterocycles. The second-order valence-corrected chi connectivity index (χ2v) is 7.39. The molecule has 3 rings (SSSR count). The van der Waals surface area contributed by atoms with E-state index in [0.29, 0.717) is 11.3 Å². The van der Waals surface area contributed by atoms with Crippen molar-refractivity contribution in [2.75, 3.05) is 12.1 Å². The zero-order valence-corrected chi connectivity index (χ0v) is 17.4. The summed E-state index contributed by atoms with van der Waals surface area (Å²) in [5, 5.41) is 8.05. The third kappa shape index (κ3) is 4.65. The van der Waals surface area contributed by atoms with Crippen LogP contribution in [-0.2, 0) is 19.1 Å². The summed E-state index contributed by atoms with van der Waals surface area (Å²) < 4.78 is 18.8. The molecule has 2 atom stereocenters. The van der Waals surface area contributed by atoms with Crippen molar-refractivity contribution in [1.82, 2.24) is 5.32 Å². The summed E-state index contributed by atoms with van der Waals surface area (Å²) in [5.41, 5.74) is 6.38. The van der Waals surface area contributed by atoms with Crippen LogP contribution >= 0.6 is 15.9 Å². The lowest BCUT2D eigenvalue weighted by atomic mass is 10.1. The molecule has 0 saturated heterocycles. The lowest BCUT2D eigenvalue weighted by molar-refractivity contribution is -0.144. The summed E-state index contributed by atoms with van der Waals surface area (Å²) in [6.07, 6.45) is -0.0627. The lowest BCUT2D eigenvalue weighted by Gasteiger charge is -2.20. The molecule has 1 aliphatic rings. The second kappa shape index (κ2) is 9.04. The number of hydrogen-bond donors (Lipinski definition) is 2. The molecule has 0 saturated carbocycles. The minimum absolute atomic E-state index is 0.00846. The fourth-order valence-electron chi connectivity index (χ4n) is 2.97. The molecule has 0 bridgehead atoms. The summed E-state index contributed by atoms with van der Waals surface area (Å²) in [5.74, 6) is -2.45. The number of methoxy groups -OCH3 is 1. The van der Waals surface area contributed by atoms with Gasteiger partial charge >= 0.3 is 5.97 Å². The van der Waals surface area contributed by atoms with Gasteiger partial charge in [-0.25, -0.2) is 9.18 Å². The third-order valence-corrected chi connectivity index (χ3v) is 5.04. The lowest BCUT2D eigenvalue weighted by Crippen LogP contribution is -2.41. The Morgan fingerprint density at radius 3 is 2.40 bits per heavy atom. The number of carbonyl (C=O) groups is 3. The maximum atomic E-state index is 13.2. The molecule has 0 radical (unpaired) electrons. The van der Waals surface area contributed by atoms with Gasteiger partial charge in [-0.05, 0) is 42.0 Å². The highest BCUT2D eigenvalue weighted by Crippen LogP contribution is 2.25. The van der Waals surface area contributed by atoms with Crippen molar-refractivity contribution in [1.29, 1.82) is 0 Å². The molecule has 30 heavy (non-hydrogen) atoms. The summed E-state index contributed by atoms with van der Waals surface area (Å²) in [7, 11) is 1.22. The quantitative estimate of drug-likeness (QED) is 0.619. The van der Waals surface area contributed by atoms with Crippen LogP contribution in [0.5, 0.6) is 0 Å². The van der Waals surface area contributed by atoms with E-state index in [9.17, 15) is 18.8 Å². The van der Waals surface area contributed by atoms with Gasteiger partial charge in [0.15, 0.2) is 6.04 Å². The zero-order chi connectivity index (χ0) is 21.8. The Morgan fingerprint density at radius 2 is 1.83 bits per heavy atom. The molecule has 0 aliphatic carbocycles. The van der Waals surface area contributed by atoms with E-state index in [0.717, 1.165) is 4.47 Å². The summed E-state index contributed by atoms with van der Waals surface area (Å²) >= 11 is 3.31. The summed E-state index contributed by atoms with van der Waals surface area (Å²) in [4.78, 5) is 36.9. The first-order valence-electron chi connectivity index (χ1n) is 8.86. The van der Waals surface area contributed by atoms with E-state index >= 15 is 0 Å². The Bertz CT molecular complexity index is 995. The highest BCUT2D eigenvalue weighted by Gasteiger charge is 2.36. The van der Waals surface area contributed by atoms with Gasteiger partial charge in [0.25, 0.3) is 5.91 Å². The Balaban J connectivity index is 1.85. The second-order valence-electron chi connectivity index (χ2n) is 6.47. The van der Waals surface area contributed by atoms with Crippen LogP contribution in [0.4, 0.5) is 10.1 Å². The molecule has 0 fully saturated rings.